The summed E-state index contributed by atoms with van der Waals surface area (Å²) in [7, 11) is 0. The van der Waals surface area contributed by atoms with Crippen LogP contribution in [0.1, 0.15) is 43.0 Å². The van der Waals surface area contributed by atoms with E-state index in [1.54, 1.807) is 6.07 Å². The number of unbranched alkanes of at least 4 members (excludes halogenated alkanes) is 1. The molecule has 0 atom stereocenters. The highest BCUT2D eigenvalue weighted by Gasteiger charge is 2.23. The fourth-order valence-corrected chi connectivity index (χ4v) is 1.76. The summed E-state index contributed by atoms with van der Waals surface area (Å²) in [5, 5.41) is 6.23. The van der Waals surface area contributed by atoms with Crippen molar-refractivity contribution in [3.8, 4) is 0 Å². The van der Waals surface area contributed by atoms with E-state index in [0.29, 0.717) is 17.3 Å². The molecule has 1 aromatic rings. The number of nitrogen functional groups attached to an aromatic ring is 1. The summed E-state index contributed by atoms with van der Waals surface area (Å²) < 4.78 is 0. The van der Waals surface area contributed by atoms with Gasteiger partial charge in [0.15, 0.2) is 0 Å². The largest absolute Gasteiger partial charge is 0.397 e. The van der Waals surface area contributed by atoms with Crippen molar-refractivity contribution in [1.29, 1.82) is 0 Å². The van der Waals surface area contributed by atoms with Crippen LogP contribution >= 0.6 is 0 Å². The van der Waals surface area contributed by atoms with Crippen LogP contribution in [0.4, 0.5) is 11.4 Å². The number of anilines is 2. The number of amides is 1. The molecule has 4 N–H and O–H groups in total. The third kappa shape index (κ3) is 3.39. The normalized spacial score (nSPS) is 14.3. The summed E-state index contributed by atoms with van der Waals surface area (Å²) in [6.07, 6.45) is 4.45. The van der Waals surface area contributed by atoms with Crippen LogP contribution in [0.2, 0.25) is 0 Å². The van der Waals surface area contributed by atoms with E-state index in [1.165, 1.54) is 0 Å². The first-order valence-electron chi connectivity index (χ1n) is 6.65. The number of nitrogens with one attached hydrogen (secondary N) is 2. The molecular weight excluding hydrogens is 226 g/mol. The van der Waals surface area contributed by atoms with Gasteiger partial charge in [-0.1, -0.05) is 13.3 Å². The molecule has 1 aromatic carbocycles. The van der Waals surface area contributed by atoms with Gasteiger partial charge in [-0.15, -0.1) is 0 Å². The minimum atomic E-state index is -0.0238. The molecule has 1 aliphatic carbocycles. The van der Waals surface area contributed by atoms with Gasteiger partial charge in [0.25, 0.3) is 5.91 Å². The van der Waals surface area contributed by atoms with Crippen LogP contribution in [-0.2, 0) is 0 Å². The maximum atomic E-state index is 11.8. The number of rotatable bonds is 6. The van der Waals surface area contributed by atoms with Crippen molar-refractivity contribution >= 4 is 17.3 Å². The van der Waals surface area contributed by atoms with E-state index >= 15 is 0 Å². The first-order chi connectivity index (χ1) is 8.70. The summed E-state index contributed by atoms with van der Waals surface area (Å²) >= 11 is 0. The maximum absolute atomic E-state index is 11.8. The smallest absolute Gasteiger partial charge is 0.251 e. The number of carbonyl (C=O) groups excluding carboxylic acids is 1. The van der Waals surface area contributed by atoms with Crippen molar-refractivity contribution in [2.45, 2.75) is 38.6 Å². The molecule has 0 bridgehead atoms. The minimum Gasteiger partial charge on any atom is -0.397 e. The minimum absolute atomic E-state index is 0.0238. The summed E-state index contributed by atoms with van der Waals surface area (Å²) in [6.45, 7) is 3.06. The van der Waals surface area contributed by atoms with Crippen LogP contribution in [0.15, 0.2) is 18.2 Å². The summed E-state index contributed by atoms with van der Waals surface area (Å²) in [5.74, 6) is -0.0238. The second-order valence-electron chi connectivity index (χ2n) is 4.83. The summed E-state index contributed by atoms with van der Waals surface area (Å²) in [5.41, 5.74) is 8.13. The Labute approximate surface area is 108 Å². The number of benzene rings is 1. The van der Waals surface area contributed by atoms with Gasteiger partial charge in [0, 0.05) is 18.2 Å². The Morgan fingerprint density at radius 1 is 1.44 bits per heavy atom. The van der Waals surface area contributed by atoms with Crippen molar-refractivity contribution in [2.75, 3.05) is 17.6 Å². The fraction of sp³-hybridized carbons (Fsp3) is 0.500. The molecular formula is C14H21N3O. The van der Waals surface area contributed by atoms with Crippen molar-refractivity contribution in [1.82, 2.24) is 5.32 Å². The highest BCUT2D eigenvalue weighted by molar-refractivity contribution is 5.96. The second-order valence-corrected chi connectivity index (χ2v) is 4.83. The molecule has 0 unspecified atom stereocenters. The topological polar surface area (TPSA) is 67.2 Å². The fourth-order valence-electron chi connectivity index (χ4n) is 1.76. The molecule has 0 aromatic heterocycles. The van der Waals surface area contributed by atoms with Gasteiger partial charge in [-0.3, -0.25) is 4.79 Å². The Balaban J connectivity index is 1.96. The van der Waals surface area contributed by atoms with E-state index in [4.69, 9.17) is 5.73 Å². The number of hydrogen-bond acceptors (Lipinski definition) is 3. The zero-order valence-electron chi connectivity index (χ0n) is 10.8. The molecule has 1 amide bonds. The van der Waals surface area contributed by atoms with Gasteiger partial charge < -0.3 is 16.4 Å². The molecule has 18 heavy (non-hydrogen) atoms. The molecule has 0 aliphatic heterocycles. The molecule has 2 rings (SSSR count). The van der Waals surface area contributed by atoms with E-state index in [0.717, 1.165) is 37.9 Å². The summed E-state index contributed by atoms with van der Waals surface area (Å²) in [4.78, 5) is 11.8. The van der Waals surface area contributed by atoms with Crippen molar-refractivity contribution < 1.29 is 4.79 Å². The first kappa shape index (κ1) is 12.7. The lowest BCUT2D eigenvalue weighted by atomic mass is 10.1. The predicted octanol–water partition coefficient (Wildman–Crippen LogP) is 2.37. The SMILES string of the molecule is CCCCNc1ccc(C(=O)NC2CC2)cc1N. The van der Waals surface area contributed by atoms with Crippen LogP contribution in [0.25, 0.3) is 0 Å². The standard InChI is InChI=1S/C14H21N3O/c1-2-3-8-16-13-7-4-10(9-12(13)15)14(18)17-11-5-6-11/h4,7,9,11,16H,2-3,5-6,8,15H2,1H3,(H,17,18). The molecule has 1 aliphatic rings. The quantitative estimate of drug-likeness (QED) is 0.534. The Morgan fingerprint density at radius 3 is 2.83 bits per heavy atom. The van der Waals surface area contributed by atoms with Gasteiger partial charge in [0.2, 0.25) is 0 Å². The number of carbonyl (C=O) groups is 1. The van der Waals surface area contributed by atoms with Crippen LogP contribution in [0, 0.1) is 0 Å². The molecule has 1 saturated carbocycles. The van der Waals surface area contributed by atoms with Crippen LogP contribution in [0.3, 0.4) is 0 Å². The lowest BCUT2D eigenvalue weighted by molar-refractivity contribution is 0.0951. The molecule has 98 valence electrons. The van der Waals surface area contributed by atoms with Crippen LogP contribution in [0.5, 0.6) is 0 Å². The third-order valence-electron chi connectivity index (χ3n) is 3.07. The molecule has 0 spiro atoms. The van der Waals surface area contributed by atoms with Gasteiger partial charge in [-0.25, -0.2) is 0 Å². The highest BCUT2D eigenvalue weighted by atomic mass is 16.1. The lowest BCUT2D eigenvalue weighted by Gasteiger charge is -2.10. The van der Waals surface area contributed by atoms with Gasteiger partial charge in [-0.05, 0) is 37.5 Å². The van der Waals surface area contributed by atoms with E-state index in [-0.39, 0.29) is 5.91 Å². The highest BCUT2D eigenvalue weighted by Crippen LogP contribution is 2.22. The third-order valence-corrected chi connectivity index (χ3v) is 3.07. The Bertz CT molecular complexity index is 427. The number of hydrogen-bond donors (Lipinski definition) is 3. The Kier molecular flexibility index (Phi) is 4.07. The Morgan fingerprint density at radius 2 is 2.22 bits per heavy atom. The zero-order chi connectivity index (χ0) is 13.0. The van der Waals surface area contributed by atoms with E-state index in [9.17, 15) is 4.79 Å². The molecule has 4 nitrogen and oxygen atoms in total. The predicted molar refractivity (Wildman–Crippen MR) is 74.7 cm³/mol. The first-order valence-corrected chi connectivity index (χ1v) is 6.65. The molecule has 0 radical (unpaired) electrons. The average molecular weight is 247 g/mol. The van der Waals surface area contributed by atoms with Crippen molar-refractivity contribution in [2.24, 2.45) is 0 Å². The van der Waals surface area contributed by atoms with Gasteiger partial charge in [0.1, 0.15) is 0 Å². The molecule has 0 saturated heterocycles. The van der Waals surface area contributed by atoms with E-state index in [2.05, 4.69) is 17.6 Å². The van der Waals surface area contributed by atoms with Gasteiger partial charge in [-0.2, -0.15) is 0 Å². The molecule has 1 fully saturated rings. The lowest BCUT2D eigenvalue weighted by Crippen LogP contribution is -2.25. The summed E-state index contributed by atoms with van der Waals surface area (Å²) in [6, 6.07) is 5.82. The van der Waals surface area contributed by atoms with Crippen molar-refractivity contribution in [3.05, 3.63) is 23.8 Å². The monoisotopic (exact) mass is 247 g/mol. The van der Waals surface area contributed by atoms with Crippen LogP contribution < -0.4 is 16.4 Å². The van der Waals surface area contributed by atoms with Gasteiger partial charge in [0.05, 0.1) is 11.4 Å². The van der Waals surface area contributed by atoms with E-state index < -0.39 is 0 Å². The second kappa shape index (κ2) is 5.76. The number of nitrogens with two attached hydrogens (primary N) is 1. The molecule has 0 heterocycles. The Hall–Kier alpha value is -1.71. The van der Waals surface area contributed by atoms with Crippen LogP contribution in [-0.4, -0.2) is 18.5 Å². The zero-order valence-corrected chi connectivity index (χ0v) is 10.8. The van der Waals surface area contributed by atoms with Crippen molar-refractivity contribution in [3.63, 3.8) is 0 Å². The maximum Gasteiger partial charge on any atom is 0.251 e. The average Bonchev–Trinajstić information content (AvgIpc) is 3.15. The van der Waals surface area contributed by atoms with Gasteiger partial charge >= 0.3 is 0 Å². The van der Waals surface area contributed by atoms with E-state index in [1.807, 2.05) is 12.1 Å². The molecule has 4 heteroatoms.